The molecule has 0 atom stereocenters. The number of hydrogen-bond acceptors (Lipinski definition) is 2. The number of halogens is 1. The average Bonchev–Trinajstić information content (AvgIpc) is 2.78. The molecule has 92 valence electrons. The minimum absolute atomic E-state index is 0.0504. The van der Waals surface area contributed by atoms with Gasteiger partial charge in [-0.15, -0.1) is 0 Å². The first-order valence-corrected chi connectivity index (χ1v) is 6.19. The van der Waals surface area contributed by atoms with Crippen molar-refractivity contribution in [1.82, 2.24) is 5.32 Å². The Balaban J connectivity index is 1.94. The lowest BCUT2D eigenvalue weighted by Crippen LogP contribution is -2.31. The second kappa shape index (κ2) is 5.41. The summed E-state index contributed by atoms with van der Waals surface area (Å²) in [5, 5.41) is 3.28. The van der Waals surface area contributed by atoms with Gasteiger partial charge in [0.15, 0.2) is 5.78 Å². The zero-order valence-electron chi connectivity index (χ0n) is 10.1. The van der Waals surface area contributed by atoms with Crippen LogP contribution in [-0.2, 0) is 0 Å². The van der Waals surface area contributed by atoms with Crippen LogP contribution in [0, 0.1) is 12.7 Å². The fraction of sp³-hybridized carbons (Fsp3) is 0.500. The van der Waals surface area contributed by atoms with E-state index in [0.29, 0.717) is 23.7 Å². The standard InChI is InChI=1S/C14H18FNO/c1-10-8-11(15)6-7-13(10)14(17)9-16-12-4-2-3-5-12/h6-8,12,16H,2-5,9H2,1H3. The van der Waals surface area contributed by atoms with Crippen LogP contribution in [0.3, 0.4) is 0 Å². The van der Waals surface area contributed by atoms with Crippen molar-refractivity contribution in [2.75, 3.05) is 6.54 Å². The van der Waals surface area contributed by atoms with Gasteiger partial charge in [-0.2, -0.15) is 0 Å². The molecule has 1 aromatic carbocycles. The van der Waals surface area contributed by atoms with Crippen molar-refractivity contribution in [3.63, 3.8) is 0 Å². The Hall–Kier alpha value is -1.22. The highest BCUT2D eigenvalue weighted by atomic mass is 19.1. The van der Waals surface area contributed by atoms with Gasteiger partial charge in [-0.3, -0.25) is 4.79 Å². The zero-order valence-corrected chi connectivity index (χ0v) is 10.1. The molecule has 0 saturated heterocycles. The van der Waals surface area contributed by atoms with Crippen LogP contribution in [0.4, 0.5) is 4.39 Å². The van der Waals surface area contributed by atoms with E-state index in [-0.39, 0.29) is 11.6 Å². The highest BCUT2D eigenvalue weighted by Crippen LogP contribution is 2.17. The summed E-state index contributed by atoms with van der Waals surface area (Å²) in [6, 6.07) is 4.81. The highest BCUT2D eigenvalue weighted by Gasteiger charge is 2.16. The van der Waals surface area contributed by atoms with E-state index in [0.717, 1.165) is 12.8 Å². The van der Waals surface area contributed by atoms with Gasteiger partial charge in [-0.05, 0) is 43.5 Å². The summed E-state index contributed by atoms with van der Waals surface area (Å²) in [5.74, 6) is -0.239. The van der Waals surface area contributed by atoms with Crippen LogP contribution in [0.25, 0.3) is 0 Å². The molecule has 1 aliphatic carbocycles. The zero-order chi connectivity index (χ0) is 12.3. The first-order chi connectivity index (χ1) is 8.16. The van der Waals surface area contributed by atoms with E-state index < -0.39 is 0 Å². The molecular formula is C14H18FNO. The molecule has 0 aromatic heterocycles. The summed E-state index contributed by atoms with van der Waals surface area (Å²) in [6.45, 7) is 2.13. The molecule has 0 spiro atoms. The van der Waals surface area contributed by atoms with Crippen LogP contribution in [0.1, 0.15) is 41.6 Å². The van der Waals surface area contributed by atoms with E-state index >= 15 is 0 Å². The number of ketones is 1. The Labute approximate surface area is 101 Å². The van der Waals surface area contributed by atoms with Crippen molar-refractivity contribution < 1.29 is 9.18 Å². The molecule has 2 nitrogen and oxygen atoms in total. The number of Topliss-reactive ketones (excluding diaryl/α,β-unsaturated/α-hetero) is 1. The fourth-order valence-corrected chi connectivity index (χ4v) is 2.40. The third-order valence-corrected chi connectivity index (χ3v) is 3.40. The second-order valence-corrected chi connectivity index (χ2v) is 4.74. The van der Waals surface area contributed by atoms with E-state index in [2.05, 4.69) is 5.32 Å². The molecule has 1 fully saturated rings. The monoisotopic (exact) mass is 235 g/mol. The Morgan fingerprint density at radius 2 is 2.12 bits per heavy atom. The fourth-order valence-electron chi connectivity index (χ4n) is 2.40. The van der Waals surface area contributed by atoms with Crippen molar-refractivity contribution in [1.29, 1.82) is 0 Å². The largest absolute Gasteiger partial charge is 0.307 e. The summed E-state index contributed by atoms with van der Waals surface area (Å²) in [4.78, 5) is 11.9. The van der Waals surface area contributed by atoms with E-state index in [1.165, 1.54) is 25.0 Å². The molecule has 2 rings (SSSR count). The van der Waals surface area contributed by atoms with Crippen LogP contribution in [0.2, 0.25) is 0 Å². The molecule has 0 unspecified atom stereocenters. The lowest BCUT2D eigenvalue weighted by atomic mass is 10.0. The quantitative estimate of drug-likeness (QED) is 0.813. The summed E-state index contributed by atoms with van der Waals surface area (Å²) in [7, 11) is 0. The maximum absolute atomic E-state index is 12.9. The summed E-state index contributed by atoms with van der Waals surface area (Å²) >= 11 is 0. The van der Waals surface area contributed by atoms with Crippen molar-refractivity contribution in [3.8, 4) is 0 Å². The molecule has 0 aliphatic heterocycles. The van der Waals surface area contributed by atoms with Crippen molar-refractivity contribution in [2.45, 2.75) is 38.6 Å². The SMILES string of the molecule is Cc1cc(F)ccc1C(=O)CNC1CCCC1. The van der Waals surface area contributed by atoms with E-state index in [1.807, 2.05) is 0 Å². The van der Waals surface area contributed by atoms with Gasteiger partial charge in [0.05, 0.1) is 6.54 Å². The van der Waals surface area contributed by atoms with E-state index in [9.17, 15) is 9.18 Å². The van der Waals surface area contributed by atoms with Gasteiger partial charge in [-0.25, -0.2) is 4.39 Å². The number of carbonyl (C=O) groups excluding carboxylic acids is 1. The van der Waals surface area contributed by atoms with Crippen molar-refractivity contribution in [2.24, 2.45) is 0 Å². The molecule has 1 aromatic rings. The van der Waals surface area contributed by atoms with E-state index in [1.54, 1.807) is 13.0 Å². The van der Waals surface area contributed by atoms with Gasteiger partial charge in [0.25, 0.3) is 0 Å². The van der Waals surface area contributed by atoms with E-state index in [4.69, 9.17) is 0 Å². The van der Waals surface area contributed by atoms with Gasteiger partial charge in [0.2, 0.25) is 0 Å². The van der Waals surface area contributed by atoms with Gasteiger partial charge >= 0.3 is 0 Å². The maximum Gasteiger partial charge on any atom is 0.176 e. The third-order valence-electron chi connectivity index (χ3n) is 3.40. The Bertz CT molecular complexity index is 411. The third kappa shape index (κ3) is 3.13. The minimum atomic E-state index is -0.289. The topological polar surface area (TPSA) is 29.1 Å². The van der Waals surface area contributed by atoms with Crippen molar-refractivity contribution in [3.05, 3.63) is 35.1 Å². The van der Waals surface area contributed by atoms with Crippen LogP contribution in [0.5, 0.6) is 0 Å². The number of benzene rings is 1. The predicted molar refractivity (Wildman–Crippen MR) is 65.7 cm³/mol. The molecular weight excluding hydrogens is 217 g/mol. The van der Waals surface area contributed by atoms with Crippen molar-refractivity contribution >= 4 is 5.78 Å². The van der Waals surface area contributed by atoms with Crippen LogP contribution in [0.15, 0.2) is 18.2 Å². The summed E-state index contributed by atoms with van der Waals surface area (Å²) in [5.41, 5.74) is 1.33. The van der Waals surface area contributed by atoms with Crippen LogP contribution in [-0.4, -0.2) is 18.4 Å². The molecule has 1 saturated carbocycles. The van der Waals surface area contributed by atoms with Gasteiger partial charge < -0.3 is 5.32 Å². The average molecular weight is 235 g/mol. The van der Waals surface area contributed by atoms with Crippen LogP contribution >= 0.6 is 0 Å². The van der Waals surface area contributed by atoms with Gasteiger partial charge in [0, 0.05) is 11.6 Å². The Kier molecular flexibility index (Phi) is 3.89. The van der Waals surface area contributed by atoms with Crippen LogP contribution < -0.4 is 5.32 Å². The smallest absolute Gasteiger partial charge is 0.176 e. The number of aryl methyl sites for hydroxylation is 1. The molecule has 0 bridgehead atoms. The Morgan fingerprint density at radius 1 is 1.41 bits per heavy atom. The first kappa shape index (κ1) is 12.2. The molecule has 0 radical (unpaired) electrons. The number of rotatable bonds is 4. The first-order valence-electron chi connectivity index (χ1n) is 6.19. The molecule has 3 heteroatoms. The lowest BCUT2D eigenvalue weighted by Gasteiger charge is -2.11. The Morgan fingerprint density at radius 3 is 2.76 bits per heavy atom. The summed E-state index contributed by atoms with van der Waals surface area (Å²) in [6.07, 6.45) is 4.83. The lowest BCUT2D eigenvalue weighted by molar-refractivity contribution is 0.0986. The predicted octanol–water partition coefficient (Wildman–Crippen LogP) is 2.85. The number of hydrogen-bond donors (Lipinski definition) is 1. The van der Waals surface area contributed by atoms with Gasteiger partial charge in [-0.1, -0.05) is 12.8 Å². The second-order valence-electron chi connectivity index (χ2n) is 4.74. The molecule has 1 aliphatic rings. The molecule has 0 amide bonds. The highest BCUT2D eigenvalue weighted by molar-refractivity contribution is 5.98. The summed E-state index contributed by atoms with van der Waals surface area (Å²) < 4.78 is 12.9. The minimum Gasteiger partial charge on any atom is -0.307 e. The molecule has 1 N–H and O–H groups in total. The maximum atomic E-state index is 12.9. The molecule has 0 heterocycles. The number of carbonyl (C=O) groups is 1. The number of nitrogens with one attached hydrogen (secondary N) is 1. The van der Waals surface area contributed by atoms with Gasteiger partial charge in [0.1, 0.15) is 5.82 Å². The normalized spacial score (nSPS) is 16.4. The molecule has 17 heavy (non-hydrogen) atoms.